The smallest absolute Gasteiger partial charge is 0.407 e. The Morgan fingerprint density at radius 1 is 1.16 bits per heavy atom. The van der Waals surface area contributed by atoms with Crippen molar-refractivity contribution in [1.82, 2.24) is 9.80 Å². The fourth-order valence-electron chi connectivity index (χ4n) is 3.74. The number of amides is 2. The molecule has 134 valence electrons. The molecule has 1 aromatic carbocycles. The lowest BCUT2D eigenvalue weighted by molar-refractivity contribution is -0.129. The van der Waals surface area contributed by atoms with Gasteiger partial charge >= 0.3 is 6.09 Å². The minimum absolute atomic E-state index is 0.137. The number of benzene rings is 1. The lowest BCUT2D eigenvalue weighted by Gasteiger charge is -2.32. The summed E-state index contributed by atoms with van der Waals surface area (Å²) in [4.78, 5) is 26.0. The van der Waals surface area contributed by atoms with Crippen molar-refractivity contribution in [3.8, 4) is 0 Å². The Balaban J connectivity index is 1.78. The number of likely N-dealkylation sites (tertiary alicyclic amines) is 1. The number of carboxylic acid groups (broad SMARTS) is 1. The molecule has 25 heavy (non-hydrogen) atoms. The molecular formula is C19H25N3O3. The van der Waals surface area contributed by atoms with Crippen LogP contribution in [-0.4, -0.2) is 53.1 Å². The summed E-state index contributed by atoms with van der Waals surface area (Å²) in [6, 6.07) is 6.09. The lowest BCUT2D eigenvalue weighted by Crippen LogP contribution is -2.36. The summed E-state index contributed by atoms with van der Waals surface area (Å²) in [7, 11) is 0. The molecule has 2 heterocycles. The third-order valence-corrected chi connectivity index (χ3v) is 5.26. The van der Waals surface area contributed by atoms with Crippen LogP contribution in [0.4, 0.5) is 10.5 Å². The number of anilines is 1. The molecule has 6 heteroatoms. The molecule has 3 N–H and O–H groups in total. The van der Waals surface area contributed by atoms with E-state index in [1.54, 1.807) is 6.92 Å². The lowest BCUT2D eigenvalue weighted by atomic mass is 9.86. The molecule has 6 nitrogen and oxygen atoms in total. The Hall–Kier alpha value is -2.50. The van der Waals surface area contributed by atoms with Crippen LogP contribution in [0.3, 0.4) is 0 Å². The van der Waals surface area contributed by atoms with Gasteiger partial charge in [-0.1, -0.05) is 12.1 Å². The van der Waals surface area contributed by atoms with Crippen LogP contribution in [0.1, 0.15) is 43.2 Å². The van der Waals surface area contributed by atoms with Crippen LogP contribution in [-0.2, 0) is 4.79 Å². The Bertz CT molecular complexity index is 706. The summed E-state index contributed by atoms with van der Waals surface area (Å²) in [6.45, 7) is 4.10. The Morgan fingerprint density at radius 3 is 2.52 bits per heavy atom. The maximum absolute atomic E-state index is 11.5. The fourth-order valence-corrected chi connectivity index (χ4v) is 3.74. The van der Waals surface area contributed by atoms with Gasteiger partial charge in [-0.25, -0.2) is 4.79 Å². The van der Waals surface area contributed by atoms with Crippen molar-refractivity contribution >= 4 is 23.3 Å². The molecule has 2 aliphatic rings. The number of nitrogen functional groups attached to an aromatic ring is 1. The van der Waals surface area contributed by atoms with Crippen LogP contribution in [0, 0.1) is 0 Å². The number of hydrogen-bond acceptors (Lipinski definition) is 3. The zero-order chi connectivity index (χ0) is 18.0. The van der Waals surface area contributed by atoms with E-state index in [9.17, 15) is 14.7 Å². The second-order valence-electron chi connectivity index (χ2n) is 6.85. The summed E-state index contributed by atoms with van der Waals surface area (Å²) in [5, 5.41) is 9.24. The maximum Gasteiger partial charge on any atom is 0.407 e. The van der Waals surface area contributed by atoms with Gasteiger partial charge in [-0.05, 0) is 48.4 Å². The van der Waals surface area contributed by atoms with E-state index in [-0.39, 0.29) is 5.91 Å². The molecule has 0 aliphatic carbocycles. The number of nitrogens with zero attached hydrogens (tertiary/aromatic N) is 2. The standard InChI is InChI=1S/C19H25N3O3/c1-13(23)21-9-6-14(7-10-21)15-4-5-18(20)17(11-15)16-3-2-8-22(12-16)19(24)25/h3-5,11,14H,2,6-10,12,20H2,1H3,(H,24,25). The number of hydrogen-bond donors (Lipinski definition) is 2. The zero-order valence-corrected chi connectivity index (χ0v) is 14.6. The van der Waals surface area contributed by atoms with Crippen LogP contribution < -0.4 is 5.73 Å². The first kappa shape index (κ1) is 17.3. The summed E-state index contributed by atoms with van der Waals surface area (Å²) in [5.41, 5.74) is 10.0. The monoisotopic (exact) mass is 343 g/mol. The highest BCUT2D eigenvalue weighted by Crippen LogP contribution is 2.33. The minimum Gasteiger partial charge on any atom is -0.465 e. The van der Waals surface area contributed by atoms with Crippen LogP contribution in [0.25, 0.3) is 5.57 Å². The molecule has 0 saturated carbocycles. The molecule has 2 aliphatic heterocycles. The second kappa shape index (κ2) is 7.17. The van der Waals surface area contributed by atoms with E-state index < -0.39 is 6.09 Å². The van der Waals surface area contributed by atoms with Crippen molar-refractivity contribution in [1.29, 1.82) is 0 Å². The van der Waals surface area contributed by atoms with Gasteiger partial charge in [0.25, 0.3) is 0 Å². The number of carbonyl (C=O) groups excluding carboxylic acids is 1. The normalized spacial score (nSPS) is 18.8. The molecule has 0 aromatic heterocycles. The molecule has 0 radical (unpaired) electrons. The molecule has 1 fully saturated rings. The third kappa shape index (κ3) is 3.78. The van der Waals surface area contributed by atoms with E-state index >= 15 is 0 Å². The van der Waals surface area contributed by atoms with Crippen LogP contribution in [0.15, 0.2) is 24.3 Å². The van der Waals surface area contributed by atoms with Crippen molar-refractivity contribution in [2.45, 2.75) is 32.1 Å². The van der Waals surface area contributed by atoms with Gasteiger partial charge in [0, 0.05) is 44.4 Å². The van der Waals surface area contributed by atoms with Crippen molar-refractivity contribution in [3.05, 3.63) is 35.4 Å². The van der Waals surface area contributed by atoms with E-state index in [1.807, 2.05) is 11.0 Å². The highest BCUT2D eigenvalue weighted by Gasteiger charge is 2.24. The van der Waals surface area contributed by atoms with E-state index in [1.165, 1.54) is 10.5 Å². The molecule has 0 unspecified atom stereocenters. The molecular weight excluding hydrogens is 318 g/mol. The van der Waals surface area contributed by atoms with E-state index in [4.69, 9.17) is 5.73 Å². The van der Waals surface area contributed by atoms with E-state index in [0.29, 0.717) is 31.1 Å². The Morgan fingerprint density at radius 2 is 1.88 bits per heavy atom. The average molecular weight is 343 g/mol. The molecule has 3 rings (SSSR count). The topological polar surface area (TPSA) is 86.9 Å². The summed E-state index contributed by atoms with van der Waals surface area (Å²) >= 11 is 0. The number of carbonyl (C=O) groups is 2. The van der Waals surface area contributed by atoms with Gasteiger partial charge in [0.05, 0.1) is 0 Å². The first-order valence-electron chi connectivity index (χ1n) is 8.78. The average Bonchev–Trinajstić information content (AvgIpc) is 2.62. The van der Waals surface area contributed by atoms with Gasteiger partial charge in [-0.2, -0.15) is 0 Å². The second-order valence-corrected chi connectivity index (χ2v) is 6.85. The fraction of sp³-hybridized carbons (Fsp3) is 0.474. The van der Waals surface area contributed by atoms with Crippen LogP contribution >= 0.6 is 0 Å². The molecule has 1 aromatic rings. The highest BCUT2D eigenvalue weighted by molar-refractivity contribution is 5.80. The first-order chi connectivity index (χ1) is 12.0. The van der Waals surface area contributed by atoms with Crippen molar-refractivity contribution in [2.24, 2.45) is 0 Å². The van der Waals surface area contributed by atoms with Crippen molar-refractivity contribution < 1.29 is 14.7 Å². The minimum atomic E-state index is -0.892. The maximum atomic E-state index is 11.5. The molecule has 0 atom stereocenters. The van der Waals surface area contributed by atoms with Crippen molar-refractivity contribution in [2.75, 3.05) is 31.9 Å². The van der Waals surface area contributed by atoms with Crippen LogP contribution in [0.2, 0.25) is 0 Å². The predicted molar refractivity (Wildman–Crippen MR) is 97.3 cm³/mol. The molecule has 1 saturated heterocycles. The predicted octanol–water partition coefficient (Wildman–Crippen LogP) is 2.76. The van der Waals surface area contributed by atoms with Crippen LogP contribution in [0.5, 0.6) is 0 Å². The van der Waals surface area contributed by atoms with Gasteiger partial charge in [-0.15, -0.1) is 0 Å². The number of nitrogens with two attached hydrogens (primary N) is 1. The number of rotatable bonds is 2. The van der Waals surface area contributed by atoms with E-state index in [0.717, 1.165) is 37.1 Å². The zero-order valence-electron chi connectivity index (χ0n) is 14.6. The first-order valence-corrected chi connectivity index (χ1v) is 8.78. The summed E-state index contributed by atoms with van der Waals surface area (Å²) < 4.78 is 0. The van der Waals surface area contributed by atoms with Gasteiger partial charge in [0.2, 0.25) is 5.91 Å². The van der Waals surface area contributed by atoms with Crippen molar-refractivity contribution in [3.63, 3.8) is 0 Å². The SMILES string of the molecule is CC(=O)N1CCC(c2ccc(N)c(C3=CCCN(C(=O)O)C3)c2)CC1. The van der Waals surface area contributed by atoms with E-state index in [2.05, 4.69) is 18.2 Å². The summed E-state index contributed by atoms with van der Waals surface area (Å²) in [5.74, 6) is 0.548. The van der Waals surface area contributed by atoms with Gasteiger partial charge < -0.3 is 20.6 Å². The summed E-state index contributed by atoms with van der Waals surface area (Å²) in [6.07, 6.45) is 3.80. The molecule has 0 spiro atoms. The third-order valence-electron chi connectivity index (χ3n) is 5.26. The largest absolute Gasteiger partial charge is 0.465 e. The Labute approximate surface area is 147 Å². The molecule has 2 amide bonds. The van der Waals surface area contributed by atoms with Gasteiger partial charge in [0.1, 0.15) is 0 Å². The highest BCUT2D eigenvalue weighted by atomic mass is 16.4. The van der Waals surface area contributed by atoms with Gasteiger partial charge in [-0.3, -0.25) is 4.79 Å². The number of piperidine rings is 1. The quantitative estimate of drug-likeness (QED) is 0.809. The van der Waals surface area contributed by atoms with Gasteiger partial charge in [0.15, 0.2) is 0 Å². The Kier molecular flexibility index (Phi) is 4.97. The molecule has 0 bridgehead atoms.